The van der Waals surface area contributed by atoms with Gasteiger partial charge in [-0.2, -0.15) is 0 Å². The molecule has 0 bridgehead atoms. The number of esters is 1. The van der Waals surface area contributed by atoms with Crippen LogP contribution in [0.25, 0.3) is 11.1 Å². The second-order valence-corrected chi connectivity index (χ2v) is 6.30. The summed E-state index contributed by atoms with van der Waals surface area (Å²) >= 11 is 1.40. The van der Waals surface area contributed by atoms with E-state index in [2.05, 4.69) is 0 Å². The second kappa shape index (κ2) is 6.20. The van der Waals surface area contributed by atoms with E-state index in [-0.39, 0.29) is 18.4 Å². The zero-order valence-electron chi connectivity index (χ0n) is 13.3. The molecule has 0 atom stereocenters. The molecule has 0 N–H and O–H groups in total. The normalized spacial score (nSPS) is 14.3. The largest absolute Gasteiger partial charge is 0.457 e. The van der Waals surface area contributed by atoms with Crippen molar-refractivity contribution in [2.24, 2.45) is 0 Å². The molecule has 0 aliphatic carbocycles. The Morgan fingerprint density at radius 1 is 1.13 bits per heavy atom. The molecule has 1 aliphatic heterocycles. The fourth-order valence-electron chi connectivity index (χ4n) is 2.93. The van der Waals surface area contributed by atoms with Crippen LogP contribution < -0.4 is 0 Å². The smallest absolute Gasteiger partial charge is 0.339 e. The van der Waals surface area contributed by atoms with Crippen molar-refractivity contribution in [1.29, 1.82) is 0 Å². The fraction of sp³-hybridized carbons (Fsp3) is 0.211. The Kier molecular flexibility index (Phi) is 4.26. The molecule has 4 heteroatoms. The van der Waals surface area contributed by atoms with Gasteiger partial charge in [-0.3, -0.25) is 0 Å². The van der Waals surface area contributed by atoms with Crippen molar-refractivity contribution in [3.63, 3.8) is 0 Å². The maximum atomic E-state index is 14.4. The first kappa shape index (κ1) is 15.8. The van der Waals surface area contributed by atoms with Crippen LogP contribution in [0.5, 0.6) is 0 Å². The lowest BCUT2D eigenvalue weighted by atomic mass is 9.92. The molecule has 1 aliphatic rings. The van der Waals surface area contributed by atoms with E-state index in [0.29, 0.717) is 10.5 Å². The van der Waals surface area contributed by atoms with Crippen molar-refractivity contribution < 1.29 is 13.9 Å². The van der Waals surface area contributed by atoms with E-state index in [0.717, 1.165) is 27.8 Å². The SMILES string of the molecule is CSc1c(F)cc(C2=C(c3ccccc3)C(=O)OC2)c(C)c1C. The van der Waals surface area contributed by atoms with Crippen LogP contribution in [0.1, 0.15) is 22.3 Å². The van der Waals surface area contributed by atoms with Gasteiger partial charge >= 0.3 is 5.97 Å². The minimum absolute atomic E-state index is 0.182. The number of ether oxygens (including phenoxy) is 1. The van der Waals surface area contributed by atoms with E-state index >= 15 is 0 Å². The molecule has 3 rings (SSSR count). The minimum atomic E-state index is -0.349. The number of carbonyl (C=O) groups is 1. The summed E-state index contributed by atoms with van der Waals surface area (Å²) in [6.07, 6.45) is 1.86. The van der Waals surface area contributed by atoms with Gasteiger partial charge in [0.1, 0.15) is 12.4 Å². The summed E-state index contributed by atoms with van der Waals surface area (Å²) in [6.45, 7) is 4.05. The van der Waals surface area contributed by atoms with Gasteiger partial charge in [-0.25, -0.2) is 9.18 Å². The molecule has 0 saturated heterocycles. The van der Waals surface area contributed by atoms with E-state index in [1.54, 1.807) is 0 Å². The molecule has 2 aromatic rings. The van der Waals surface area contributed by atoms with Crippen LogP contribution >= 0.6 is 11.8 Å². The average molecular weight is 328 g/mol. The molecule has 0 radical (unpaired) electrons. The third-order valence-corrected chi connectivity index (χ3v) is 5.15. The Morgan fingerprint density at radius 2 is 1.83 bits per heavy atom. The van der Waals surface area contributed by atoms with E-state index in [1.807, 2.05) is 50.4 Å². The molecular formula is C19H17FO2S. The number of cyclic esters (lactones) is 1. The summed E-state index contributed by atoms with van der Waals surface area (Å²) in [5, 5.41) is 0. The highest BCUT2D eigenvalue weighted by Gasteiger charge is 2.29. The Hall–Kier alpha value is -2.07. The van der Waals surface area contributed by atoms with Crippen molar-refractivity contribution in [3.8, 4) is 0 Å². The van der Waals surface area contributed by atoms with Crippen molar-refractivity contribution in [3.05, 3.63) is 64.5 Å². The molecule has 23 heavy (non-hydrogen) atoms. The number of rotatable bonds is 3. The number of hydrogen-bond acceptors (Lipinski definition) is 3. The Bertz CT molecular complexity index is 810. The molecule has 118 valence electrons. The van der Waals surface area contributed by atoms with Crippen molar-refractivity contribution in [2.75, 3.05) is 12.9 Å². The lowest BCUT2D eigenvalue weighted by Crippen LogP contribution is -2.00. The zero-order valence-corrected chi connectivity index (χ0v) is 14.1. The number of carbonyl (C=O) groups excluding carboxylic acids is 1. The van der Waals surface area contributed by atoms with Crippen molar-refractivity contribution in [2.45, 2.75) is 18.7 Å². The molecule has 0 unspecified atom stereocenters. The van der Waals surface area contributed by atoms with Crippen LogP contribution in [0, 0.1) is 19.7 Å². The molecule has 0 saturated carbocycles. The standard InChI is InChI=1S/C19H17FO2S/c1-11-12(2)18(23-3)16(20)9-14(11)15-10-22-19(21)17(15)13-7-5-4-6-8-13/h4-9H,10H2,1-3H3. The summed E-state index contributed by atoms with van der Waals surface area (Å²) in [5.74, 6) is -0.604. The van der Waals surface area contributed by atoms with Gasteiger partial charge in [-0.15, -0.1) is 11.8 Å². The zero-order chi connectivity index (χ0) is 16.6. The lowest BCUT2D eigenvalue weighted by molar-refractivity contribution is -0.133. The molecule has 0 amide bonds. The first-order valence-corrected chi connectivity index (χ1v) is 8.56. The highest BCUT2D eigenvalue weighted by molar-refractivity contribution is 7.98. The van der Waals surface area contributed by atoms with Crippen LogP contribution in [0.15, 0.2) is 41.3 Å². The van der Waals surface area contributed by atoms with Crippen molar-refractivity contribution in [1.82, 2.24) is 0 Å². The lowest BCUT2D eigenvalue weighted by Gasteiger charge is -2.14. The predicted molar refractivity (Wildman–Crippen MR) is 91.9 cm³/mol. The van der Waals surface area contributed by atoms with Gasteiger partial charge in [0.2, 0.25) is 0 Å². The quantitative estimate of drug-likeness (QED) is 0.607. The summed E-state index contributed by atoms with van der Waals surface area (Å²) in [6, 6.07) is 10.9. The number of thioether (sulfide) groups is 1. The van der Waals surface area contributed by atoms with Crippen molar-refractivity contribution >= 4 is 28.9 Å². The minimum Gasteiger partial charge on any atom is -0.457 e. The van der Waals surface area contributed by atoms with E-state index in [9.17, 15) is 9.18 Å². The Labute approximate surface area is 139 Å². The van der Waals surface area contributed by atoms with Crippen LogP contribution in [0.4, 0.5) is 4.39 Å². The summed E-state index contributed by atoms with van der Waals surface area (Å²) < 4.78 is 19.6. The Balaban J connectivity index is 2.25. The van der Waals surface area contributed by atoms with Gasteiger partial charge in [-0.1, -0.05) is 30.3 Å². The number of benzene rings is 2. The van der Waals surface area contributed by atoms with Crippen LogP contribution in [-0.4, -0.2) is 18.8 Å². The van der Waals surface area contributed by atoms with Gasteiger partial charge in [0.15, 0.2) is 0 Å². The van der Waals surface area contributed by atoms with Gasteiger partial charge in [0.25, 0.3) is 0 Å². The molecule has 0 fully saturated rings. The first-order valence-electron chi connectivity index (χ1n) is 7.34. The molecule has 0 aromatic heterocycles. The highest BCUT2D eigenvalue weighted by atomic mass is 32.2. The van der Waals surface area contributed by atoms with E-state index in [1.165, 1.54) is 17.8 Å². The molecule has 1 heterocycles. The van der Waals surface area contributed by atoms with E-state index < -0.39 is 0 Å². The highest BCUT2D eigenvalue weighted by Crippen LogP contribution is 2.37. The first-order chi connectivity index (χ1) is 11.0. The summed E-state index contributed by atoms with van der Waals surface area (Å²) in [5.41, 5.74) is 4.74. The van der Waals surface area contributed by atoms with Crippen LogP contribution in [0.3, 0.4) is 0 Å². The average Bonchev–Trinajstić information content (AvgIpc) is 2.93. The van der Waals surface area contributed by atoms with Crippen LogP contribution in [0.2, 0.25) is 0 Å². The summed E-state index contributed by atoms with van der Waals surface area (Å²) in [7, 11) is 0. The predicted octanol–water partition coefficient (Wildman–Crippen LogP) is 4.63. The maximum Gasteiger partial charge on any atom is 0.339 e. The van der Waals surface area contributed by atoms with Gasteiger partial charge in [0, 0.05) is 10.5 Å². The van der Waals surface area contributed by atoms with Gasteiger partial charge < -0.3 is 4.74 Å². The topological polar surface area (TPSA) is 26.3 Å². The molecule has 2 nitrogen and oxygen atoms in total. The number of hydrogen-bond donors (Lipinski definition) is 0. The van der Waals surface area contributed by atoms with E-state index in [4.69, 9.17) is 4.74 Å². The number of halogens is 1. The van der Waals surface area contributed by atoms with Gasteiger partial charge in [0.05, 0.1) is 5.57 Å². The molecule has 0 spiro atoms. The van der Waals surface area contributed by atoms with Crippen LogP contribution in [-0.2, 0) is 9.53 Å². The molecule has 2 aromatic carbocycles. The maximum absolute atomic E-state index is 14.4. The third kappa shape index (κ3) is 2.68. The summed E-state index contributed by atoms with van der Waals surface area (Å²) in [4.78, 5) is 12.8. The Morgan fingerprint density at radius 3 is 2.48 bits per heavy atom. The second-order valence-electron chi connectivity index (χ2n) is 5.48. The monoisotopic (exact) mass is 328 g/mol. The molecular weight excluding hydrogens is 311 g/mol. The fourth-order valence-corrected chi connectivity index (χ4v) is 3.64. The van der Waals surface area contributed by atoms with Gasteiger partial charge in [-0.05, 0) is 48.4 Å². The third-order valence-electron chi connectivity index (χ3n) is 4.24.